The minimum atomic E-state index is -4.02. The first-order chi connectivity index (χ1) is 13.8. The first-order valence-corrected chi connectivity index (χ1v) is 11.7. The molecule has 1 N–H and O–H groups in total. The predicted molar refractivity (Wildman–Crippen MR) is 111 cm³/mol. The summed E-state index contributed by atoms with van der Waals surface area (Å²) in [5.41, 5.74) is -1.07. The van der Waals surface area contributed by atoms with E-state index in [1.165, 1.54) is 12.1 Å². The van der Waals surface area contributed by atoms with Gasteiger partial charge in [-0.15, -0.1) is 0 Å². The second kappa shape index (κ2) is 8.44. The topological polar surface area (TPSA) is 63.6 Å². The van der Waals surface area contributed by atoms with Gasteiger partial charge in [0.15, 0.2) is 5.44 Å². The molecule has 1 aliphatic rings. The standard InChI is InChI=1S/C23H29FO4S/c1-4-6-12-23(5-2)15-20(16-8-7-9-18(13-16)28-3)19-14-17(24)10-11-21(19)29(26,27)22(23)25/h7-11,13-14,20,22,25H,4-6,12,15H2,1-3H3. The van der Waals surface area contributed by atoms with Crippen molar-refractivity contribution in [2.24, 2.45) is 5.41 Å². The Morgan fingerprint density at radius 2 is 1.97 bits per heavy atom. The molecule has 2 aromatic rings. The maximum Gasteiger partial charge on any atom is 0.205 e. The van der Waals surface area contributed by atoms with E-state index in [9.17, 15) is 17.9 Å². The molecule has 0 radical (unpaired) electrons. The zero-order valence-corrected chi connectivity index (χ0v) is 18.0. The highest BCUT2D eigenvalue weighted by Gasteiger charge is 2.49. The quantitative estimate of drug-likeness (QED) is 0.665. The Morgan fingerprint density at radius 3 is 2.62 bits per heavy atom. The maximum absolute atomic E-state index is 14.2. The average molecular weight is 421 g/mol. The van der Waals surface area contributed by atoms with Crippen molar-refractivity contribution in [2.75, 3.05) is 7.11 Å². The Hall–Kier alpha value is -1.92. The number of hydrogen-bond acceptors (Lipinski definition) is 4. The fraction of sp³-hybridized carbons (Fsp3) is 0.478. The fourth-order valence-corrected chi connectivity index (χ4v) is 6.59. The molecule has 0 amide bonds. The van der Waals surface area contributed by atoms with Crippen LogP contribution in [0.5, 0.6) is 5.75 Å². The number of benzene rings is 2. The molecule has 0 saturated heterocycles. The predicted octanol–water partition coefficient (Wildman–Crippen LogP) is 5.05. The van der Waals surface area contributed by atoms with E-state index in [1.807, 2.05) is 38.1 Å². The lowest BCUT2D eigenvalue weighted by Crippen LogP contribution is -2.40. The average Bonchev–Trinajstić information content (AvgIpc) is 2.79. The van der Waals surface area contributed by atoms with E-state index in [2.05, 4.69) is 0 Å². The van der Waals surface area contributed by atoms with Crippen LogP contribution in [0.4, 0.5) is 4.39 Å². The molecule has 4 nitrogen and oxygen atoms in total. The van der Waals surface area contributed by atoms with Gasteiger partial charge in [0.1, 0.15) is 11.6 Å². The number of methoxy groups -OCH3 is 1. The number of fused-ring (bicyclic) bond motifs is 1. The summed E-state index contributed by atoms with van der Waals surface area (Å²) in [6.45, 7) is 3.97. The number of hydrogen-bond donors (Lipinski definition) is 1. The molecule has 1 heterocycles. The van der Waals surface area contributed by atoms with Gasteiger partial charge >= 0.3 is 0 Å². The van der Waals surface area contributed by atoms with Crippen molar-refractivity contribution in [2.45, 2.75) is 62.2 Å². The largest absolute Gasteiger partial charge is 0.497 e. The summed E-state index contributed by atoms with van der Waals surface area (Å²) in [5, 5.41) is 11.1. The molecule has 3 atom stereocenters. The van der Waals surface area contributed by atoms with E-state index < -0.39 is 26.5 Å². The molecule has 0 fully saturated rings. The van der Waals surface area contributed by atoms with Crippen LogP contribution in [0.2, 0.25) is 0 Å². The van der Waals surface area contributed by atoms with Crippen LogP contribution in [-0.4, -0.2) is 26.1 Å². The molecule has 6 heteroatoms. The third kappa shape index (κ3) is 3.92. The van der Waals surface area contributed by atoms with E-state index in [-0.39, 0.29) is 10.8 Å². The van der Waals surface area contributed by atoms with Gasteiger partial charge in [-0.2, -0.15) is 0 Å². The Morgan fingerprint density at radius 1 is 1.21 bits per heavy atom. The Bertz CT molecular complexity index is 973. The minimum Gasteiger partial charge on any atom is -0.497 e. The molecule has 0 saturated carbocycles. The molecule has 3 rings (SSSR count). The van der Waals surface area contributed by atoms with Gasteiger partial charge in [0.2, 0.25) is 9.84 Å². The molecule has 2 aromatic carbocycles. The van der Waals surface area contributed by atoms with E-state index in [0.29, 0.717) is 30.6 Å². The van der Waals surface area contributed by atoms with Gasteiger partial charge in [0, 0.05) is 11.3 Å². The van der Waals surface area contributed by atoms with Crippen LogP contribution in [-0.2, 0) is 9.84 Å². The number of aliphatic hydroxyl groups excluding tert-OH is 1. The lowest BCUT2D eigenvalue weighted by atomic mass is 9.70. The SMILES string of the molecule is CCCCC1(CC)CC(c2cccc(OC)c2)c2cc(F)ccc2S(=O)(=O)C1O. The van der Waals surface area contributed by atoms with E-state index in [1.54, 1.807) is 7.11 Å². The van der Waals surface area contributed by atoms with Gasteiger partial charge in [-0.1, -0.05) is 38.8 Å². The summed E-state index contributed by atoms with van der Waals surface area (Å²) in [6, 6.07) is 11.2. The Balaban J connectivity index is 2.28. The van der Waals surface area contributed by atoms with Crippen molar-refractivity contribution in [3.8, 4) is 5.75 Å². The zero-order chi connectivity index (χ0) is 21.2. The fourth-order valence-electron chi connectivity index (χ4n) is 4.52. The number of halogens is 1. The van der Waals surface area contributed by atoms with Gasteiger partial charge in [-0.3, -0.25) is 0 Å². The van der Waals surface area contributed by atoms with Crippen LogP contribution < -0.4 is 4.74 Å². The third-order valence-electron chi connectivity index (χ3n) is 6.31. The normalized spacial score (nSPS) is 25.8. The van der Waals surface area contributed by atoms with Gasteiger partial charge in [-0.25, -0.2) is 12.8 Å². The van der Waals surface area contributed by atoms with Crippen LogP contribution in [0.15, 0.2) is 47.4 Å². The summed E-state index contributed by atoms with van der Waals surface area (Å²) < 4.78 is 46.3. The van der Waals surface area contributed by atoms with Crippen molar-refractivity contribution in [3.63, 3.8) is 0 Å². The maximum atomic E-state index is 14.2. The number of ether oxygens (including phenoxy) is 1. The van der Waals surface area contributed by atoms with Crippen LogP contribution in [0, 0.1) is 11.2 Å². The molecule has 0 aliphatic carbocycles. The highest BCUT2D eigenvalue weighted by atomic mass is 32.2. The summed E-state index contributed by atoms with van der Waals surface area (Å²) >= 11 is 0. The van der Waals surface area contributed by atoms with Gasteiger partial charge < -0.3 is 9.84 Å². The van der Waals surface area contributed by atoms with E-state index >= 15 is 0 Å². The minimum absolute atomic E-state index is 0.0195. The third-order valence-corrected chi connectivity index (χ3v) is 8.38. The summed E-state index contributed by atoms with van der Waals surface area (Å²) in [4.78, 5) is 0.0195. The Kier molecular flexibility index (Phi) is 6.34. The van der Waals surface area contributed by atoms with Gasteiger partial charge in [0.25, 0.3) is 0 Å². The molecule has 29 heavy (non-hydrogen) atoms. The van der Waals surface area contributed by atoms with Crippen molar-refractivity contribution in [3.05, 3.63) is 59.4 Å². The van der Waals surface area contributed by atoms with Crippen LogP contribution in [0.25, 0.3) is 0 Å². The molecule has 1 aliphatic heterocycles. The van der Waals surface area contributed by atoms with Crippen molar-refractivity contribution in [1.29, 1.82) is 0 Å². The van der Waals surface area contributed by atoms with E-state index in [4.69, 9.17) is 4.74 Å². The second-order valence-electron chi connectivity index (χ2n) is 7.93. The lowest BCUT2D eigenvalue weighted by molar-refractivity contribution is 0.0607. The van der Waals surface area contributed by atoms with Crippen molar-refractivity contribution >= 4 is 9.84 Å². The lowest BCUT2D eigenvalue weighted by Gasteiger charge is -2.37. The second-order valence-corrected chi connectivity index (χ2v) is 9.91. The number of sulfone groups is 1. The highest BCUT2D eigenvalue weighted by Crippen LogP contribution is 2.51. The van der Waals surface area contributed by atoms with Crippen LogP contribution >= 0.6 is 0 Å². The van der Waals surface area contributed by atoms with Gasteiger partial charge in [-0.05, 0) is 60.7 Å². The molecule has 0 spiro atoms. The zero-order valence-electron chi connectivity index (χ0n) is 17.2. The molecular formula is C23H29FO4S. The molecular weight excluding hydrogens is 391 g/mol. The number of unbranched alkanes of at least 4 members (excludes halogenated alkanes) is 1. The molecule has 0 aromatic heterocycles. The van der Waals surface area contributed by atoms with Crippen LogP contribution in [0.3, 0.4) is 0 Å². The van der Waals surface area contributed by atoms with Crippen LogP contribution in [0.1, 0.15) is 63.0 Å². The van der Waals surface area contributed by atoms with E-state index in [0.717, 1.165) is 24.5 Å². The first kappa shape index (κ1) is 21.8. The summed E-state index contributed by atoms with van der Waals surface area (Å²) in [6.07, 6.45) is 3.26. The van der Waals surface area contributed by atoms with Gasteiger partial charge in [0.05, 0.1) is 12.0 Å². The Labute approximate surface area is 172 Å². The smallest absolute Gasteiger partial charge is 0.205 e. The van der Waals surface area contributed by atoms with Crippen molar-refractivity contribution in [1.82, 2.24) is 0 Å². The first-order valence-electron chi connectivity index (χ1n) is 10.1. The monoisotopic (exact) mass is 420 g/mol. The number of rotatable bonds is 6. The highest BCUT2D eigenvalue weighted by molar-refractivity contribution is 7.92. The summed E-state index contributed by atoms with van der Waals surface area (Å²) in [5.74, 6) is -0.192. The van der Waals surface area contributed by atoms with Crippen molar-refractivity contribution < 1.29 is 22.7 Å². The summed E-state index contributed by atoms with van der Waals surface area (Å²) in [7, 11) is -2.45. The molecule has 158 valence electrons. The number of aliphatic hydroxyl groups is 1. The molecule has 0 bridgehead atoms. The molecule has 3 unspecified atom stereocenters.